The maximum atomic E-state index is 12.1. The summed E-state index contributed by atoms with van der Waals surface area (Å²) < 4.78 is 5.15. The molecule has 2 aromatic rings. The number of carbonyl (C=O) groups excluding carboxylic acids is 2. The highest BCUT2D eigenvalue weighted by Crippen LogP contribution is 2.17. The summed E-state index contributed by atoms with van der Waals surface area (Å²) in [7, 11) is 0. The number of anilines is 1. The molecule has 0 aliphatic carbocycles. The van der Waals surface area contributed by atoms with Crippen LogP contribution in [0, 0.1) is 13.8 Å². The van der Waals surface area contributed by atoms with Gasteiger partial charge in [0.05, 0.1) is 0 Å². The summed E-state index contributed by atoms with van der Waals surface area (Å²) in [5.41, 5.74) is 2.83. The minimum Gasteiger partial charge on any atom is -0.448 e. The molecule has 1 aromatic heterocycles. The van der Waals surface area contributed by atoms with Crippen LogP contribution in [-0.4, -0.2) is 18.0 Å². The Morgan fingerprint density at radius 3 is 2.62 bits per heavy atom. The molecular formula is C16H17NO3S. The minimum atomic E-state index is -0.847. The second kappa shape index (κ2) is 6.54. The summed E-state index contributed by atoms with van der Waals surface area (Å²) in [4.78, 5) is 24.3. The highest BCUT2D eigenvalue weighted by Gasteiger charge is 2.19. The molecule has 0 saturated carbocycles. The van der Waals surface area contributed by atoms with Crippen molar-refractivity contribution >= 4 is 28.9 Å². The van der Waals surface area contributed by atoms with Crippen LogP contribution in [0.4, 0.5) is 5.69 Å². The highest BCUT2D eigenvalue weighted by atomic mass is 32.1. The molecule has 4 nitrogen and oxygen atoms in total. The van der Waals surface area contributed by atoms with Gasteiger partial charge in [-0.05, 0) is 43.8 Å². The van der Waals surface area contributed by atoms with Crippen LogP contribution >= 0.6 is 11.3 Å². The van der Waals surface area contributed by atoms with Crippen molar-refractivity contribution in [3.8, 4) is 0 Å². The van der Waals surface area contributed by atoms with Crippen molar-refractivity contribution in [1.29, 1.82) is 0 Å². The van der Waals surface area contributed by atoms with E-state index in [1.54, 1.807) is 24.4 Å². The van der Waals surface area contributed by atoms with Crippen molar-refractivity contribution in [3.05, 3.63) is 51.7 Å². The topological polar surface area (TPSA) is 55.4 Å². The van der Waals surface area contributed by atoms with Gasteiger partial charge in [-0.1, -0.05) is 23.8 Å². The van der Waals surface area contributed by atoms with Crippen LogP contribution in [0.3, 0.4) is 0 Å². The van der Waals surface area contributed by atoms with E-state index in [2.05, 4.69) is 5.32 Å². The van der Waals surface area contributed by atoms with Crippen LogP contribution < -0.4 is 5.32 Å². The molecule has 0 radical (unpaired) electrons. The van der Waals surface area contributed by atoms with E-state index in [1.807, 2.05) is 32.0 Å². The first-order chi connectivity index (χ1) is 9.97. The van der Waals surface area contributed by atoms with Gasteiger partial charge in [0.15, 0.2) is 6.10 Å². The number of benzene rings is 1. The lowest BCUT2D eigenvalue weighted by Crippen LogP contribution is -2.30. The number of hydrogen-bond donors (Lipinski definition) is 1. The maximum absolute atomic E-state index is 12.1. The molecule has 0 fully saturated rings. The van der Waals surface area contributed by atoms with Crippen LogP contribution in [0.25, 0.3) is 0 Å². The van der Waals surface area contributed by atoms with Crippen LogP contribution in [-0.2, 0) is 9.53 Å². The second-order valence-electron chi connectivity index (χ2n) is 4.83. The molecule has 0 aliphatic rings. The van der Waals surface area contributed by atoms with E-state index in [1.165, 1.54) is 11.3 Å². The number of carbonyl (C=O) groups is 2. The number of rotatable bonds is 4. The average Bonchev–Trinajstić information content (AvgIpc) is 2.95. The normalized spacial score (nSPS) is 11.8. The largest absolute Gasteiger partial charge is 0.448 e. The lowest BCUT2D eigenvalue weighted by atomic mass is 10.1. The van der Waals surface area contributed by atoms with Gasteiger partial charge in [0, 0.05) is 5.69 Å². The number of ether oxygens (including phenoxy) is 1. The third-order valence-electron chi connectivity index (χ3n) is 3.02. The Morgan fingerprint density at radius 2 is 2.00 bits per heavy atom. The first kappa shape index (κ1) is 15.3. The van der Waals surface area contributed by atoms with Gasteiger partial charge in [-0.3, -0.25) is 4.79 Å². The first-order valence-electron chi connectivity index (χ1n) is 6.60. The molecule has 0 aliphatic heterocycles. The van der Waals surface area contributed by atoms with Crippen molar-refractivity contribution in [2.45, 2.75) is 26.9 Å². The average molecular weight is 303 g/mol. The van der Waals surface area contributed by atoms with Gasteiger partial charge in [-0.25, -0.2) is 4.79 Å². The maximum Gasteiger partial charge on any atom is 0.349 e. The van der Waals surface area contributed by atoms with Crippen molar-refractivity contribution in [3.63, 3.8) is 0 Å². The molecule has 1 heterocycles. The smallest absolute Gasteiger partial charge is 0.349 e. The lowest BCUT2D eigenvalue weighted by Gasteiger charge is -2.14. The van der Waals surface area contributed by atoms with Gasteiger partial charge in [-0.2, -0.15) is 0 Å². The third kappa shape index (κ3) is 3.92. The molecular weight excluding hydrogens is 286 g/mol. The number of esters is 1. The number of aryl methyl sites for hydroxylation is 2. The Hall–Kier alpha value is -2.14. The summed E-state index contributed by atoms with van der Waals surface area (Å²) in [6.45, 7) is 5.47. The van der Waals surface area contributed by atoms with Crippen molar-refractivity contribution in [2.24, 2.45) is 0 Å². The molecule has 1 atom stereocenters. The number of thiophene rings is 1. The molecule has 5 heteroatoms. The van der Waals surface area contributed by atoms with Gasteiger partial charge in [-0.15, -0.1) is 11.3 Å². The van der Waals surface area contributed by atoms with E-state index in [9.17, 15) is 9.59 Å². The van der Waals surface area contributed by atoms with Gasteiger partial charge >= 0.3 is 5.97 Å². The zero-order chi connectivity index (χ0) is 15.4. The molecule has 1 N–H and O–H groups in total. The Morgan fingerprint density at radius 1 is 1.24 bits per heavy atom. The molecule has 1 aromatic carbocycles. The van der Waals surface area contributed by atoms with Gasteiger partial charge in [0.25, 0.3) is 5.91 Å². The van der Waals surface area contributed by atoms with Crippen LogP contribution in [0.2, 0.25) is 0 Å². The summed E-state index contributed by atoms with van der Waals surface area (Å²) in [6.07, 6.45) is -0.847. The SMILES string of the molecule is Cc1ccc(NC(=O)[C@H](C)OC(=O)c2cccs2)c(C)c1. The van der Waals surface area contributed by atoms with E-state index in [4.69, 9.17) is 4.74 Å². The van der Waals surface area contributed by atoms with Crippen LogP contribution in [0.15, 0.2) is 35.7 Å². The van der Waals surface area contributed by atoms with Gasteiger partial charge in [0.2, 0.25) is 0 Å². The number of nitrogens with one attached hydrogen (secondary N) is 1. The molecule has 110 valence electrons. The summed E-state index contributed by atoms with van der Waals surface area (Å²) in [5, 5.41) is 4.56. The summed E-state index contributed by atoms with van der Waals surface area (Å²) >= 11 is 1.29. The van der Waals surface area contributed by atoms with Crippen LogP contribution in [0.5, 0.6) is 0 Å². The fourth-order valence-electron chi connectivity index (χ4n) is 1.86. The Balaban J connectivity index is 1.98. The Bertz CT molecular complexity index is 650. The van der Waals surface area contributed by atoms with Crippen molar-refractivity contribution < 1.29 is 14.3 Å². The van der Waals surface area contributed by atoms with Gasteiger partial charge < -0.3 is 10.1 Å². The number of amides is 1. The zero-order valence-electron chi connectivity index (χ0n) is 12.2. The van der Waals surface area contributed by atoms with E-state index in [0.29, 0.717) is 4.88 Å². The highest BCUT2D eigenvalue weighted by molar-refractivity contribution is 7.11. The number of hydrogen-bond acceptors (Lipinski definition) is 4. The van der Waals surface area contributed by atoms with Crippen molar-refractivity contribution in [1.82, 2.24) is 0 Å². The molecule has 0 saturated heterocycles. The predicted molar refractivity (Wildman–Crippen MR) is 83.7 cm³/mol. The fraction of sp³-hybridized carbons (Fsp3) is 0.250. The fourth-order valence-corrected chi connectivity index (χ4v) is 2.46. The molecule has 0 bridgehead atoms. The first-order valence-corrected chi connectivity index (χ1v) is 7.48. The molecule has 2 rings (SSSR count). The third-order valence-corrected chi connectivity index (χ3v) is 3.87. The summed E-state index contributed by atoms with van der Waals surface area (Å²) in [6, 6.07) is 9.18. The monoisotopic (exact) mass is 303 g/mol. The van der Waals surface area contributed by atoms with Crippen molar-refractivity contribution in [2.75, 3.05) is 5.32 Å². The van der Waals surface area contributed by atoms with E-state index in [0.717, 1.165) is 16.8 Å². The minimum absolute atomic E-state index is 0.341. The molecule has 0 spiro atoms. The standard InChI is InChI=1S/C16H17NO3S/c1-10-6-7-13(11(2)9-10)17-15(18)12(3)20-16(19)14-5-4-8-21-14/h4-9,12H,1-3H3,(H,17,18)/t12-/m0/s1. The predicted octanol–water partition coefficient (Wildman–Crippen LogP) is 3.55. The summed E-state index contributed by atoms with van der Waals surface area (Å²) in [5.74, 6) is -0.819. The Kier molecular flexibility index (Phi) is 4.75. The molecule has 21 heavy (non-hydrogen) atoms. The quantitative estimate of drug-likeness (QED) is 0.879. The molecule has 1 amide bonds. The molecule has 0 unspecified atom stereocenters. The lowest BCUT2D eigenvalue weighted by molar-refractivity contribution is -0.123. The van der Waals surface area contributed by atoms with E-state index >= 15 is 0 Å². The second-order valence-corrected chi connectivity index (χ2v) is 5.78. The van der Waals surface area contributed by atoms with Gasteiger partial charge in [0.1, 0.15) is 4.88 Å². The van der Waals surface area contributed by atoms with Crippen LogP contribution in [0.1, 0.15) is 27.7 Å². The van der Waals surface area contributed by atoms with E-state index < -0.39 is 12.1 Å². The van der Waals surface area contributed by atoms with E-state index in [-0.39, 0.29) is 5.91 Å². The zero-order valence-corrected chi connectivity index (χ0v) is 13.0. The Labute approximate surface area is 127 Å².